The zero-order valence-corrected chi connectivity index (χ0v) is 16.8. The average Bonchev–Trinajstić information content (AvgIpc) is 3.37. The minimum Gasteiger partial charge on any atom is -0.488 e. The molecule has 3 aliphatic heterocycles. The number of carboxylic acid groups (broad SMARTS) is 1. The molecule has 30 heavy (non-hydrogen) atoms. The van der Waals surface area contributed by atoms with E-state index in [1.54, 1.807) is 6.20 Å². The predicted molar refractivity (Wildman–Crippen MR) is 109 cm³/mol. The van der Waals surface area contributed by atoms with Gasteiger partial charge in [-0.05, 0) is 18.6 Å². The summed E-state index contributed by atoms with van der Waals surface area (Å²) in [4.78, 5) is 24.1. The number of carbonyl (C=O) groups is 1. The van der Waals surface area contributed by atoms with Crippen LogP contribution in [-0.2, 0) is 0 Å². The van der Waals surface area contributed by atoms with Crippen LogP contribution in [0.4, 0.5) is 10.8 Å². The van der Waals surface area contributed by atoms with Gasteiger partial charge < -0.3 is 24.3 Å². The lowest BCUT2D eigenvalue weighted by atomic mass is 9.88. The maximum atomic E-state index is 11.4. The molecule has 4 aliphatic rings. The first kappa shape index (κ1) is 18.0. The van der Waals surface area contributed by atoms with Crippen molar-refractivity contribution in [2.75, 3.05) is 18.0 Å². The van der Waals surface area contributed by atoms with E-state index in [4.69, 9.17) is 14.1 Å². The summed E-state index contributed by atoms with van der Waals surface area (Å²) in [5.41, 5.74) is 2.11. The van der Waals surface area contributed by atoms with Crippen LogP contribution in [0, 0.1) is 0 Å². The summed E-state index contributed by atoms with van der Waals surface area (Å²) in [5, 5.41) is 21.7. The fourth-order valence-corrected chi connectivity index (χ4v) is 5.28. The van der Waals surface area contributed by atoms with E-state index in [9.17, 15) is 15.0 Å². The standard InChI is InChI=1S/C20H20N4O5S/c25-12-6-13(7-12)28-15-2-1-14(18-21-3-4-30-18)17-16(15)22-19(29-17)23-8-10-5-11(9-23)24(10)20(26)27/h1-4,10-13,25H,5-9H2,(H,26,27). The minimum atomic E-state index is -0.863. The number of nitrogens with zero attached hydrogens (tertiary/aromatic N) is 4. The Balaban J connectivity index is 1.36. The van der Waals surface area contributed by atoms with Gasteiger partial charge in [-0.2, -0.15) is 4.98 Å². The van der Waals surface area contributed by atoms with Crippen molar-refractivity contribution < 1.29 is 24.2 Å². The molecule has 2 unspecified atom stereocenters. The highest BCUT2D eigenvalue weighted by molar-refractivity contribution is 7.13. The summed E-state index contributed by atoms with van der Waals surface area (Å²) >= 11 is 1.52. The molecular formula is C20H20N4O5S. The molecule has 1 saturated carbocycles. The van der Waals surface area contributed by atoms with E-state index in [2.05, 4.69) is 4.98 Å². The number of ether oxygens (including phenoxy) is 1. The first-order valence-corrected chi connectivity index (χ1v) is 10.9. The van der Waals surface area contributed by atoms with Crippen LogP contribution in [-0.4, -0.2) is 68.6 Å². The summed E-state index contributed by atoms with van der Waals surface area (Å²) in [6.07, 6.45) is 2.67. The Labute approximate surface area is 175 Å². The van der Waals surface area contributed by atoms with Gasteiger partial charge in [0.2, 0.25) is 0 Å². The van der Waals surface area contributed by atoms with E-state index in [1.807, 2.05) is 22.4 Å². The smallest absolute Gasteiger partial charge is 0.407 e. The van der Waals surface area contributed by atoms with Gasteiger partial charge in [0.25, 0.3) is 6.01 Å². The number of piperazine rings is 1. The summed E-state index contributed by atoms with van der Waals surface area (Å²) in [6, 6.07) is 4.24. The summed E-state index contributed by atoms with van der Waals surface area (Å²) in [5.74, 6) is 0.631. The molecular weight excluding hydrogens is 408 g/mol. The molecule has 156 valence electrons. The molecule has 10 heteroatoms. The van der Waals surface area contributed by atoms with E-state index in [1.165, 1.54) is 16.2 Å². The van der Waals surface area contributed by atoms with Crippen molar-refractivity contribution in [1.82, 2.24) is 14.9 Å². The largest absolute Gasteiger partial charge is 0.488 e. The van der Waals surface area contributed by atoms with Crippen LogP contribution in [0.25, 0.3) is 21.7 Å². The first-order chi connectivity index (χ1) is 14.6. The van der Waals surface area contributed by atoms with Gasteiger partial charge in [0, 0.05) is 37.5 Å². The second-order valence-electron chi connectivity index (χ2n) is 8.13. The topological polar surface area (TPSA) is 112 Å². The van der Waals surface area contributed by atoms with Gasteiger partial charge >= 0.3 is 6.09 Å². The number of rotatable bonds is 4. The van der Waals surface area contributed by atoms with Gasteiger partial charge in [-0.3, -0.25) is 4.90 Å². The van der Waals surface area contributed by atoms with E-state index < -0.39 is 6.09 Å². The Hall–Kier alpha value is -2.85. The highest BCUT2D eigenvalue weighted by Gasteiger charge is 2.48. The van der Waals surface area contributed by atoms with Gasteiger partial charge in [-0.1, -0.05) is 0 Å². The molecule has 7 rings (SSSR count). The molecule has 4 fully saturated rings. The monoisotopic (exact) mass is 428 g/mol. The average molecular weight is 428 g/mol. The van der Waals surface area contributed by atoms with Gasteiger partial charge in [0.1, 0.15) is 16.9 Å². The van der Waals surface area contributed by atoms with Gasteiger partial charge in [0.15, 0.2) is 11.1 Å². The second kappa shape index (κ2) is 6.58. The molecule has 3 aromatic rings. The zero-order valence-electron chi connectivity index (χ0n) is 16.0. The molecule has 2 atom stereocenters. The molecule has 1 amide bonds. The highest BCUT2D eigenvalue weighted by atomic mass is 32.1. The second-order valence-corrected chi connectivity index (χ2v) is 9.02. The van der Waals surface area contributed by atoms with Crippen LogP contribution in [0.1, 0.15) is 19.3 Å². The molecule has 5 heterocycles. The fraction of sp³-hybridized carbons (Fsp3) is 0.450. The van der Waals surface area contributed by atoms with Crippen molar-refractivity contribution in [1.29, 1.82) is 0 Å². The lowest BCUT2D eigenvalue weighted by Gasteiger charge is -2.54. The Morgan fingerprint density at radius 2 is 2.03 bits per heavy atom. The number of oxazole rings is 1. The van der Waals surface area contributed by atoms with Gasteiger partial charge in [-0.15, -0.1) is 11.3 Å². The molecule has 1 aromatic carbocycles. The van der Waals surface area contributed by atoms with Crippen LogP contribution in [0.2, 0.25) is 0 Å². The molecule has 2 N–H and O–H groups in total. The first-order valence-electron chi connectivity index (χ1n) is 10.0. The molecule has 2 bridgehead atoms. The SMILES string of the molecule is O=C(O)N1C2CC1CN(c1nc3c(OC4CC(O)C4)ccc(-c4nccs4)c3o1)C2. The van der Waals surface area contributed by atoms with Gasteiger partial charge in [0.05, 0.1) is 23.8 Å². The number of hydrogen-bond acceptors (Lipinski definition) is 8. The van der Waals surface area contributed by atoms with Gasteiger partial charge in [-0.25, -0.2) is 9.78 Å². The number of aromatic nitrogens is 2. The van der Waals surface area contributed by atoms with Crippen molar-refractivity contribution in [3.63, 3.8) is 0 Å². The summed E-state index contributed by atoms with van der Waals surface area (Å²) in [7, 11) is 0. The van der Waals surface area contributed by atoms with Crippen molar-refractivity contribution in [2.24, 2.45) is 0 Å². The van der Waals surface area contributed by atoms with Crippen LogP contribution >= 0.6 is 11.3 Å². The number of aliphatic hydroxyl groups excluding tert-OH is 1. The fourth-order valence-electron chi connectivity index (χ4n) is 4.62. The van der Waals surface area contributed by atoms with Crippen LogP contribution in [0.3, 0.4) is 0 Å². The number of benzene rings is 1. The van der Waals surface area contributed by atoms with Crippen molar-refractivity contribution in [3.05, 3.63) is 23.7 Å². The molecule has 9 nitrogen and oxygen atoms in total. The number of piperidine rings is 1. The Morgan fingerprint density at radius 3 is 2.70 bits per heavy atom. The Kier molecular flexibility index (Phi) is 3.94. The van der Waals surface area contributed by atoms with Crippen molar-refractivity contribution >= 4 is 34.5 Å². The predicted octanol–water partition coefficient (Wildman–Crippen LogP) is 2.79. The highest BCUT2D eigenvalue weighted by Crippen LogP contribution is 2.41. The minimum absolute atomic E-state index is 0.0260. The molecule has 0 radical (unpaired) electrons. The molecule has 1 aliphatic carbocycles. The van der Waals surface area contributed by atoms with E-state index in [0.29, 0.717) is 48.8 Å². The van der Waals surface area contributed by atoms with Crippen LogP contribution < -0.4 is 9.64 Å². The third-order valence-corrected chi connectivity index (χ3v) is 7.01. The quantitative estimate of drug-likeness (QED) is 0.652. The number of thiazole rings is 1. The number of anilines is 1. The van der Waals surface area contributed by atoms with E-state index >= 15 is 0 Å². The van der Waals surface area contributed by atoms with E-state index in [-0.39, 0.29) is 24.3 Å². The lowest BCUT2D eigenvalue weighted by molar-refractivity contribution is -0.0101. The summed E-state index contributed by atoms with van der Waals surface area (Å²) in [6.45, 7) is 1.13. The normalized spacial score (nSPS) is 27.6. The Bertz CT molecular complexity index is 1100. The number of fused-ring (bicyclic) bond motifs is 3. The molecule has 3 saturated heterocycles. The zero-order chi connectivity index (χ0) is 20.4. The molecule has 2 aromatic heterocycles. The third-order valence-electron chi connectivity index (χ3n) is 6.21. The molecule has 0 spiro atoms. The number of amides is 1. The van der Waals surface area contributed by atoms with Crippen LogP contribution in [0.5, 0.6) is 5.75 Å². The van der Waals surface area contributed by atoms with Crippen molar-refractivity contribution in [2.45, 2.75) is 43.6 Å². The summed E-state index contributed by atoms with van der Waals surface area (Å²) < 4.78 is 12.3. The number of aliphatic hydroxyl groups is 1. The van der Waals surface area contributed by atoms with Crippen molar-refractivity contribution in [3.8, 4) is 16.3 Å². The maximum Gasteiger partial charge on any atom is 0.407 e. The van der Waals surface area contributed by atoms with E-state index in [0.717, 1.165) is 17.0 Å². The Morgan fingerprint density at radius 1 is 1.23 bits per heavy atom. The number of hydrogen-bond donors (Lipinski definition) is 2. The lowest BCUT2D eigenvalue weighted by Crippen LogP contribution is -2.70. The maximum absolute atomic E-state index is 11.4. The third kappa shape index (κ3) is 2.74. The van der Waals surface area contributed by atoms with Crippen LogP contribution in [0.15, 0.2) is 28.1 Å².